The second-order valence-corrected chi connectivity index (χ2v) is 19.9. The molecule has 0 spiro atoms. The van der Waals surface area contributed by atoms with Crippen LogP contribution in [-0.2, 0) is 24.9 Å². The molecular formula is C27H30GeIrNO3-. The van der Waals surface area contributed by atoms with E-state index in [4.69, 9.17) is 9.52 Å². The maximum atomic E-state index is 10.0. The van der Waals surface area contributed by atoms with Crippen LogP contribution in [0.15, 0.2) is 58.8 Å². The van der Waals surface area contributed by atoms with Crippen molar-refractivity contribution in [2.45, 2.75) is 45.0 Å². The maximum absolute atomic E-state index is 10.0. The van der Waals surface area contributed by atoms with Gasteiger partial charge in [-0.15, -0.1) is 0 Å². The number of rotatable bonds is 3. The van der Waals surface area contributed by atoms with E-state index in [-0.39, 0.29) is 31.6 Å². The summed E-state index contributed by atoms with van der Waals surface area (Å²) in [7, 11) is 0. The summed E-state index contributed by atoms with van der Waals surface area (Å²) in [6, 6.07) is 16.5. The van der Waals surface area contributed by atoms with Gasteiger partial charge in [0, 0.05) is 26.2 Å². The number of hydrogen-bond donors (Lipinski definition) is 1. The second-order valence-electron chi connectivity index (χ2n) is 9.25. The van der Waals surface area contributed by atoms with Gasteiger partial charge in [-0.05, 0) is 13.8 Å². The summed E-state index contributed by atoms with van der Waals surface area (Å²) in [5, 5.41) is 10.7. The molecule has 6 heteroatoms. The molecule has 4 rings (SSSR count). The van der Waals surface area contributed by atoms with Gasteiger partial charge >= 0.3 is 151 Å². The molecule has 0 bridgehead atoms. The number of aryl methyl sites for hydroxylation is 2. The first-order valence-corrected chi connectivity index (χ1v) is 18.0. The number of benzene rings is 2. The van der Waals surface area contributed by atoms with Crippen LogP contribution < -0.4 is 4.40 Å². The Hall–Kier alpha value is -2.21. The molecule has 2 heterocycles. The molecule has 1 radical (unpaired) electrons. The first kappa shape index (κ1) is 27.0. The number of allylic oxidation sites excluding steroid dienone is 2. The van der Waals surface area contributed by atoms with Gasteiger partial charge in [-0.3, -0.25) is 4.79 Å². The number of nitrogens with zero attached hydrogens (tertiary/aromatic N) is 1. The minimum Gasteiger partial charge on any atom is 0 e. The first-order chi connectivity index (χ1) is 15.0. The number of pyridine rings is 1. The molecule has 0 aliphatic carbocycles. The van der Waals surface area contributed by atoms with E-state index in [1.165, 1.54) is 35.3 Å². The zero-order chi connectivity index (χ0) is 23.6. The van der Waals surface area contributed by atoms with Crippen LogP contribution in [0.1, 0.15) is 25.0 Å². The van der Waals surface area contributed by atoms with Crippen LogP contribution in [-0.4, -0.2) is 29.1 Å². The molecule has 4 nitrogen and oxygen atoms in total. The molecule has 0 amide bonds. The topological polar surface area (TPSA) is 63.3 Å². The molecule has 0 unspecified atom stereocenters. The van der Waals surface area contributed by atoms with Gasteiger partial charge in [0.1, 0.15) is 0 Å². The fourth-order valence-electron chi connectivity index (χ4n) is 3.68. The summed E-state index contributed by atoms with van der Waals surface area (Å²) in [4.78, 5) is 14.6. The van der Waals surface area contributed by atoms with Crippen LogP contribution in [0.25, 0.3) is 33.2 Å². The number of aliphatic hydroxyl groups is 1. The van der Waals surface area contributed by atoms with Gasteiger partial charge in [0.2, 0.25) is 0 Å². The second kappa shape index (κ2) is 10.8. The summed E-state index contributed by atoms with van der Waals surface area (Å²) < 4.78 is 7.76. The molecule has 175 valence electrons. The van der Waals surface area contributed by atoms with Gasteiger partial charge in [0.05, 0.1) is 5.76 Å². The predicted octanol–water partition coefficient (Wildman–Crippen LogP) is 6.64. The van der Waals surface area contributed by atoms with E-state index < -0.39 is 13.3 Å². The molecule has 2 aromatic heterocycles. The Balaban J connectivity index is 0.000000423. The number of furan rings is 1. The van der Waals surface area contributed by atoms with Crippen molar-refractivity contribution in [3.05, 3.63) is 71.6 Å². The van der Waals surface area contributed by atoms with Crippen molar-refractivity contribution < 1.29 is 34.4 Å². The molecule has 0 aliphatic rings. The number of ketones is 1. The van der Waals surface area contributed by atoms with Crippen LogP contribution in [0.2, 0.25) is 17.3 Å². The van der Waals surface area contributed by atoms with E-state index in [1.54, 1.807) is 0 Å². The number of hydrogen-bond acceptors (Lipinski definition) is 4. The van der Waals surface area contributed by atoms with E-state index >= 15 is 0 Å². The summed E-state index contributed by atoms with van der Waals surface area (Å²) in [6.07, 6.45) is 3.04. The van der Waals surface area contributed by atoms with E-state index in [0.29, 0.717) is 0 Å². The van der Waals surface area contributed by atoms with Crippen LogP contribution in [0.4, 0.5) is 0 Å². The first-order valence-electron chi connectivity index (χ1n) is 10.7. The average molecular weight is 681 g/mol. The molecule has 2 aromatic carbocycles. The van der Waals surface area contributed by atoms with Crippen molar-refractivity contribution in [1.29, 1.82) is 0 Å². The molecule has 1 N–H and O–H groups in total. The molecular weight excluding hydrogens is 651 g/mol. The number of fused-ring (bicyclic) bond motifs is 3. The van der Waals surface area contributed by atoms with Gasteiger partial charge in [0.15, 0.2) is 5.78 Å². The maximum Gasteiger partial charge on any atom is 0 e. The largest absolute Gasteiger partial charge is 0 e. The molecule has 0 fully saturated rings. The third kappa shape index (κ3) is 6.66. The van der Waals surface area contributed by atoms with Crippen LogP contribution in [0.3, 0.4) is 0 Å². The van der Waals surface area contributed by atoms with Crippen molar-refractivity contribution in [1.82, 2.24) is 4.98 Å². The van der Waals surface area contributed by atoms with E-state index in [0.717, 1.165) is 33.4 Å². The van der Waals surface area contributed by atoms with Gasteiger partial charge in [0.25, 0.3) is 0 Å². The van der Waals surface area contributed by atoms with E-state index in [9.17, 15) is 4.79 Å². The molecule has 0 saturated carbocycles. The van der Waals surface area contributed by atoms with Gasteiger partial charge in [-0.25, -0.2) is 0 Å². The Morgan fingerprint density at radius 3 is 2.30 bits per heavy atom. The summed E-state index contributed by atoms with van der Waals surface area (Å²) in [5.41, 5.74) is 6.02. The third-order valence-corrected chi connectivity index (χ3v) is 9.36. The van der Waals surface area contributed by atoms with Gasteiger partial charge in [-0.2, -0.15) is 0 Å². The molecule has 0 saturated heterocycles. The Labute approximate surface area is 211 Å². The van der Waals surface area contributed by atoms with Gasteiger partial charge < -0.3 is 5.11 Å². The monoisotopic (exact) mass is 683 g/mol. The zero-order valence-electron chi connectivity index (χ0n) is 20.2. The minimum atomic E-state index is -1.89. The molecule has 4 aromatic rings. The smallest absolute Gasteiger partial charge is 0 e. The summed E-state index contributed by atoms with van der Waals surface area (Å²) >= 11 is -1.89. The molecule has 0 atom stereocenters. The number of aliphatic hydroxyl groups excluding tert-OH is 1. The quantitative estimate of drug-likeness (QED) is 0.114. The fraction of sp³-hybridized carbons (Fsp3) is 0.259. The number of carbonyl (C=O) groups is 1. The van der Waals surface area contributed by atoms with E-state index in [2.05, 4.69) is 72.5 Å². The Bertz CT molecular complexity index is 1310. The van der Waals surface area contributed by atoms with Crippen LogP contribution >= 0.6 is 0 Å². The summed E-state index contributed by atoms with van der Waals surface area (Å²) in [6.45, 7) is 7.02. The summed E-state index contributed by atoms with van der Waals surface area (Å²) in [5.74, 6) is 7.15. The minimum absolute atomic E-state index is 0. The standard InChI is InChI=1S/C22H22GeNO.C5H8O2.Ir/c1-14-10-15(2)12-16(11-14)21-22-19(8-9-24-21)18-7-6-17(23(3,4)5)13-20(18)25-22;1-4(6)3-5(2)7;/h6-11,13H,1-5H3;3,6H,1-2H3;/q-1;;/b;4-3-;. The third-order valence-electron chi connectivity index (χ3n) is 5.07. The fourth-order valence-corrected chi connectivity index (χ4v) is 6.09. The van der Waals surface area contributed by atoms with Gasteiger partial charge in [-0.1, -0.05) is 0 Å². The van der Waals surface area contributed by atoms with Crippen LogP contribution in [0, 0.1) is 19.9 Å². The SMILES string of the molecule is CC(=O)/C=C(/C)O.Cc1[c-]c(-c2nccc3c2oc2c[c]([Ge]([CH3])([CH3])[CH3])ccc23)cc(C)c1.[Ir]. The number of carbonyl (C=O) groups excluding carboxylic acids is 1. The molecule has 33 heavy (non-hydrogen) atoms. The molecule has 0 aliphatic heterocycles. The Kier molecular flexibility index (Phi) is 8.86. The zero-order valence-corrected chi connectivity index (χ0v) is 24.7. The van der Waals surface area contributed by atoms with Crippen molar-refractivity contribution in [3.63, 3.8) is 0 Å². The van der Waals surface area contributed by atoms with Crippen molar-refractivity contribution >= 4 is 45.4 Å². The van der Waals surface area contributed by atoms with Crippen molar-refractivity contribution in [2.24, 2.45) is 0 Å². The number of aromatic nitrogens is 1. The normalized spacial score (nSPS) is 11.7. The van der Waals surface area contributed by atoms with E-state index in [1.807, 2.05) is 12.3 Å². The Morgan fingerprint density at radius 1 is 1.06 bits per heavy atom. The van der Waals surface area contributed by atoms with Crippen LogP contribution in [0.5, 0.6) is 0 Å². The average Bonchev–Trinajstić information content (AvgIpc) is 3.03. The Morgan fingerprint density at radius 2 is 1.76 bits per heavy atom. The predicted molar refractivity (Wildman–Crippen MR) is 135 cm³/mol. The van der Waals surface area contributed by atoms with Crippen molar-refractivity contribution in [2.75, 3.05) is 0 Å². The van der Waals surface area contributed by atoms with Crippen molar-refractivity contribution in [3.8, 4) is 11.3 Å².